The van der Waals surface area contributed by atoms with E-state index in [9.17, 15) is 22.8 Å². The molecule has 5 nitrogen and oxygen atoms in total. The molecule has 1 aromatic carbocycles. The molecule has 24 heavy (non-hydrogen) atoms. The zero-order chi connectivity index (χ0) is 18.2. The average Bonchev–Trinajstić information content (AvgIpc) is 2.48. The molecule has 1 rings (SSSR count). The fourth-order valence-corrected chi connectivity index (χ4v) is 2.04. The number of amides is 2. The van der Waals surface area contributed by atoms with E-state index in [-0.39, 0.29) is 18.4 Å². The van der Waals surface area contributed by atoms with Crippen molar-refractivity contribution in [1.29, 1.82) is 0 Å². The fraction of sp³-hybridized carbons (Fsp3) is 0.500. The van der Waals surface area contributed by atoms with E-state index in [2.05, 4.69) is 10.6 Å². The number of carbonyl (C=O) groups is 2. The lowest BCUT2D eigenvalue weighted by molar-refractivity contribution is -0.143. The summed E-state index contributed by atoms with van der Waals surface area (Å²) in [6, 6.07) is 6.76. The van der Waals surface area contributed by atoms with Crippen LogP contribution in [0.15, 0.2) is 24.3 Å². The SMILES string of the molecule is CC(=O)NCc1ccc(C(=O)NCCCN(C)CC(F)(F)F)cc1. The second kappa shape index (κ2) is 9.27. The minimum absolute atomic E-state index is 0.132. The number of halogens is 3. The predicted molar refractivity (Wildman–Crippen MR) is 84.5 cm³/mol. The van der Waals surface area contributed by atoms with E-state index < -0.39 is 12.7 Å². The number of benzene rings is 1. The van der Waals surface area contributed by atoms with Crippen LogP contribution in [0.1, 0.15) is 29.3 Å². The number of nitrogens with zero attached hydrogens (tertiary/aromatic N) is 1. The maximum atomic E-state index is 12.2. The van der Waals surface area contributed by atoms with Gasteiger partial charge in [0, 0.05) is 25.6 Å². The Morgan fingerprint density at radius 3 is 2.29 bits per heavy atom. The maximum Gasteiger partial charge on any atom is 0.401 e. The summed E-state index contributed by atoms with van der Waals surface area (Å²) in [5.74, 6) is -0.410. The molecule has 0 aliphatic rings. The zero-order valence-electron chi connectivity index (χ0n) is 13.7. The molecule has 0 bridgehead atoms. The van der Waals surface area contributed by atoms with E-state index in [1.54, 1.807) is 24.3 Å². The first-order valence-electron chi connectivity index (χ1n) is 7.54. The van der Waals surface area contributed by atoms with Gasteiger partial charge in [0.15, 0.2) is 0 Å². The van der Waals surface area contributed by atoms with Crippen LogP contribution in [0.25, 0.3) is 0 Å². The summed E-state index contributed by atoms with van der Waals surface area (Å²) in [6.07, 6.45) is -3.78. The lowest BCUT2D eigenvalue weighted by atomic mass is 10.1. The summed E-state index contributed by atoms with van der Waals surface area (Å²) < 4.78 is 36.5. The summed E-state index contributed by atoms with van der Waals surface area (Å²) in [6.45, 7) is 1.40. The lowest BCUT2D eigenvalue weighted by Gasteiger charge is -2.18. The van der Waals surface area contributed by atoms with Crippen molar-refractivity contribution in [3.8, 4) is 0 Å². The van der Waals surface area contributed by atoms with Gasteiger partial charge in [-0.1, -0.05) is 12.1 Å². The normalized spacial score (nSPS) is 11.4. The molecular formula is C16H22F3N3O2. The van der Waals surface area contributed by atoms with Crippen LogP contribution in [0.3, 0.4) is 0 Å². The highest BCUT2D eigenvalue weighted by Crippen LogP contribution is 2.15. The van der Waals surface area contributed by atoms with Crippen LogP contribution >= 0.6 is 0 Å². The smallest absolute Gasteiger partial charge is 0.352 e. The summed E-state index contributed by atoms with van der Waals surface area (Å²) in [5, 5.41) is 5.33. The van der Waals surface area contributed by atoms with Crippen molar-refractivity contribution in [2.45, 2.75) is 26.1 Å². The van der Waals surface area contributed by atoms with Crippen molar-refractivity contribution >= 4 is 11.8 Å². The molecule has 0 fully saturated rings. The van der Waals surface area contributed by atoms with E-state index >= 15 is 0 Å². The first kappa shape index (κ1) is 20.0. The Balaban J connectivity index is 2.31. The standard InChI is InChI=1S/C16H22F3N3O2/c1-12(23)21-10-13-4-6-14(7-5-13)15(24)20-8-3-9-22(2)11-16(17,18)19/h4-7H,3,8-11H2,1-2H3,(H,20,24)(H,21,23). The van der Waals surface area contributed by atoms with Gasteiger partial charge in [-0.3, -0.25) is 14.5 Å². The Morgan fingerprint density at radius 1 is 1.12 bits per heavy atom. The molecular weight excluding hydrogens is 323 g/mol. The minimum atomic E-state index is -4.21. The Bertz CT molecular complexity index is 544. The van der Waals surface area contributed by atoms with E-state index in [1.807, 2.05) is 0 Å². The third kappa shape index (κ3) is 8.52. The van der Waals surface area contributed by atoms with Crippen LogP contribution in [-0.2, 0) is 11.3 Å². The van der Waals surface area contributed by atoms with Crippen LogP contribution in [0, 0.1) is 0 Å². The molecule has 0 saturated carbocycles. The molecule has 0 saturated heterocycles. The van der Waals surface area contributed by atoms with Gasteiger partial charge in [0.25, 0.3) is 5.91 Å². The maximum absolute atomic E-state index is 12.2. The third-order valence-electron chi connectivity index (χ3n) is 3.21. The van der Waals surface area contributed by atoms with Crippen LogP contribution in [0.5, 0.6) is 0 Å². The monoisotopic (exact) mass is 345 g/mol. The Hall–Kier alpha value is -2.09. The van der Waals surface area contributed by atoms with E-state index in [1.165, 1.54) is 18.9 Å². The third-order valence-corrected chi connectivity index (χ3v) is 3.21. The van der Waals surface area contributed by atoms with Gasteiger partial charge in [0.1, 0.15) is 0 Å². The van der Waals surface area contributed by atoms with Gasteiger partial charge in [0.2, 0.25) is 5.91 Å². The lowest BCUT2D eigenvalue weighted by Crippen LogP contribution is -2.33. The van der Waals surface area contributed by atoms with E-state index in [4.69, 9.17) is 0 Å². The number of nitrogens with one attached hydrogen (secondary N) is 2. The predicted octanol–water partition coefficient (Wildman–Crippen LogP) is 1.94. The Kier molecular flexibility index (Phi) is 7.70. The fourth-order valence-electron chi connectivity index (χ4n) is 2.04. The molecule has 0 radical (unpaired) electrons. The van der Waals surface area contributed by atoms with Gasteiger partial charge in [0.05, 0.1) is 6.54 Å². The molecule has 0 aliphatic heterocycles. The summed E-state index contributed by atoms with van der Waals surface area (Å²) in [5.41, 5.74) is 1.33. The largest absolute Gasteiger partial charge is 0.401 e. The summed E-state index contributed by atoms with van der Waals surface area (Å²) >= 11 is 0. The number of hydrogen-bond donors (Lipinski definition) is 2. The van der Waals surface area contributed by atoms with Crippen LogP contribution in [0.4, 0.5) is 13.2 Å². The van der Waals surface area contributed by atoms with Crippen LogP contribution in [-0.4, -0.2) is 49.6 Å². The highest BCUT2D eigenvalue weighted by atomic mass is 19.4. The molecule has 0 atom stereocenters. The minimum Gasteiger partial charge on any atom is -0.352 e. The van der Waals surface area contributed by atoms with Gasteiger partial charge in [-0.05, 0) is 37.7 Å². The molecule has 8 heteroatoms. The molecule has 1 aromatic rings. The summed E-state index contributed by atoms with van der Waals surface area (Å²) in [7, 11) is 1.39. The average molecular weight is 345 g/mol. The number of rotatable bonds is 8. The van der Waals surface area contributed by atoms with Gasteiger partial charge < -0.3 is 10.6 Å². The van der Waals surface area contributed by atoms with Crippen molar-refractivity contribution in [2.75, 3.05) is 26.7 Å². The van der Waals surface area contributed by atoms with Crippen molar-refractivity contribution in [3.05, 3.63) is 35.4 Å². The highest BCUT2D eigenvalue weighted by molar-refractivity contribution is 5.94. The molecule has 0 aliphatic carbocycles. The number of carbonyl (C=O) groups excluding carboxylic acids is 2. The molecule has 0 unspecified atom stereocenters. The topological polar surface area (TPSA) is 61.4 Å². The summed E-state index contributed by atoms with van der Waals surface area (Å²) in [4.78, 5) is 23.9. The number of alkyl halides is 3. The van der Waals surface area contributed by atoms with Gasteiger partial charge in [-0.15, -0.1) is 0 Å². The second-order valence-corrected chi connectivity index (χ2v) is 5.57. The van der Waals surface area contributed by atoms with Crippen molar-refractivity contribution in [1.82, 2.24) is 15.5 Å². The molecule has 2 amide bonds. The molecule has 0 heterocycles. The van der Waals surface area contributed by atoms with E-state index in [0.717, 1.165) is 5.56 Å². The van der Waals surface area contributed by atoms with E-state index in [0.29, 0.717) is 25.1 Å². The zero-order valence-corrected chi connectivity index (χ0v) is 13.7. The van der Waals surface area contributed by atoms with Crippen molar-refractivity contribution in [3.63, 3.8) is 0 Å². The van der Waals surface area contributed by atoms with Crippen LogP contribution in [0.2, 0.25) is 0 Å². The van der Waals surface area contributed by atoms with Crippen molar-refractivity contribution < 1.29 is 22.8 Å². The number of hydrogen-bond acceptors (Lipinski definition) is 3. The molecule has 0 aromatic heterocycles. The van der Waals surface area contributed by atoms with Crippen LogP contribution < -0.4 is 10.6 Å². The molecule has 0 spiro atoms. The Labute approximate surface area is 139 Å². The Morgan fingerprint density at radius 2 is 1.75 bits per heavy atom. The quantitative estimate of drug-likeness (QED) is 0.708. The second-order valence-electron chi connectivity index (χ2n) is 5.57. The van der Waals surface area contributed by atoms with Gasteiger partial charge >= 0.3 is 6.18 Å². The van der Waals surface area contributed by atoms with Gasteiger partial charge in [-0.25, -0.2) is 0 Å². The van der Waals surface area contributed by atoms with Crippen molar-refractivity contribution in [2.24, 2.45) is 0 Å². The highest BCUT2D eigenvalue weighted by Gasteiger charge is 2.28. The molecule has 134 valence electrons. The molecule has 2 N–H and O–H groups in total. The first-order chi connectivity index (χ1) is 11.2. The first-order valence-corrected chi connectivity index (χ1v) is 7.54. The van der Waals surface area contributed by atoms with Gasteiger partial charge in [-0.2, -0.15) is 13.2 Å².